The van der Waals surface area contributed by atoms with Crippen molar-refractivity contribution in [3.8, 4) is 0 Å². The van der Waals surface area contributed by atoms with Crippen LogP contribution in [0.5, 0.6) is 0 Å². The monoisotopic (exact) mass is 234 g/mol. The van der Waals surface area contributed by atoms with Crippen molar-refractivity contribution in [3.63, 3.8) is 0 Å². The Morgan fingerprint density at radius 2 is 2.29 bits per heavy atom. The Morgan fingerprint density at radius 3 is 2.94 bits per heavy atom. The van der Waals surface area contributed by atoms with Crippen molar-refractivity contribution < 1.29 is 4.74 Å². The normalized spacial score (nSPS) is 37.2. The van der Waals surface area contributed by atoms with Crippen LogP contribution in [0.2, 0.25) is 0 Å². The highest BCUT2D eigenvalue weighted by molar-refractivity contribution is 5.23. The van der Waals surface area contributed by atoms with E-state index >= 15 is 0 Å². The van der Waals surface area contributed by atoms with E-state index < -0.39 is 0 Å². The standard InChI is InChI=1S/C16H26O/c1-12(2)13-8-9-14-6-5-7-15(11-17-4)16(14,3)10-13/h6,13,15H,1,5,7-11H2,2-4H3. The molecule has 2 rings (SSSR count). The summed E-state index contributed by atoms with van der Waals surface area (Å²) < 4.78 is 5.44. The van der Waals surface area contributed by atoms with Crippen molar-refractivity contribution >= 4 is 0 Å². The van der Waals surface area contributed by atoms with Gasteiger partial charge in [-0.25, -0.2) is 0 Å². The van der Waals surface area contributed by atoms with Gasteiger partial charge < -0.3 is 4.74 Å². The Hall–Kier alpha value is -0.560. The molecule has 2 aliphatic carbocycles. The molecule has 0 saturated heterocycles. The molecule has 0 N–H and O–H groups in total. The Balaban J connectivity index is 2.21. The minimum absolute atomic E-state index is 0.371. The van der Waals surface area contributed by atoms with Crippen molar-refractivity contribution in [2.75, 3.05) is 13.7 Å². The van der Waals surface area contributed by atoms with Gasteiger partial charge in [-0.05, 0) is 56.3 Å². The second kappa shape index (κ2) is 4.97. The first-order valence-corrected chi connectivity index (χ1v) is 6.91. The highest BCUT2D eigenvalue weighted by atomic mass is 16.5. The summed E-state index contributed by atoms with van der Waals surface area (Å²) >= 11 is 0. The van der Waals surface area contributed by atoms with E-state index in [4.69, 9.17) is 4.74 Å². The third-order valence-corrected chi connectivity index (χ3v) is 5.04. The number of rotatable bonds is 3. The summed E-state index contributed by atoms with van der Waals surface area (Å²) in [6.07, 6.45) is 8.89. The van der Waals surface area contributed by atoms with Crippen LogP contribution in [0.25, 0.3) is 0 Å². The lowest BCUT2D eigenvalue weighted by Crippen LogP contribution is -2.39. The van der Waals surface area contributed by atoms with Gasteiger partial charge >= 0.3 is 0 Å². The second-order valence-electron chi connectivity index (χ2n) is 6.16. The molecule has 0 amide bonds. The lowest BCUT2D eigenvalue weighted by atomic mass is 9.57. The van der Waals surface area contributed by atoms with E-state index in [9.17, 15) is 0 Å². The van der Waals surface area contributed by atoms with Crippen LogP contribution in [-0.4, -0.2) is 13.7 Å². The molecule has 1 heteroatoms. The molecule has 2 aliphatic rings. The number of hydrogen-bond donors (Lipinski definition) is 0. The van der Waals surface area contributed by atoms with Gasteiger partial charge in [-0.2, -0.15) is 0 Å². The smallest absolute Gasteiger partial charge is 0.0498 e. The summed E-state index contributed by atoms with van der Waals surface area (Å²) in [5.41, 5.74) is 3.44. The molecule has 0 heterocycles. The van der Waals surface area contributed by atoms with Gasteiger partial charge in [0.25, 0.3) is 0 Å². The molecule has 3 atom stereocenters. The zero-order valence-electron chi connectivity index (χ0n) is 11.6. The molecule has 0 radical (unpaired) electrons. The Bertz CT molecular complexity index is 328. The molecule has 0 bridgehead atoms. The number of ether oxygens (including phenoxy) is 1. The van der Waals surface area contributed by atoms with Crippen LogP contribution in [0.15, 0.2) is 23.8 Å². The fraction of sp³-hybridized carbons (Fsp3) is 0.750. The number of methoxy groups -OCH3 is 1. The molecule has 96 valence electrons. The van der Waals surface area contributed by atoms with Crippen LogP contribution in [0.3, 0.4) is 0 Å². The first kappa shape index (κ1) is 12.9. The number of hydrogen-bond acceptors (Lipinski definition) is 1. The molecule has 0 aromatic heterocycles. The zero-order chi connectivity index (χ0) is 12.5. The van der Waals surface area contributed by atoms with Gasteiger partial charge in [-0.1, -0.05) is 30.7 Å². The van der Waals surface area contributed by atoms with Gasteiger partial charge in [0.15, 0.2) is 0 Å². The van der Waals surface area contributed by atoms with Crippen molar-refractivity contribution in [1.82, 2.24) is 0 Å². The molecule has 0 aromatic carbocycles. The molecule has 1 nitrogen and oxygen atoms in total. The zero-order valence-corrected chi connectivity index (χ0v) is 11.6. The number of allylic oxidation sites excluding steroid dienone is 3. The minimum atomic E-state index is 0.371. The number of fused-ring (bicyclic) bond motifs is 1. The first-order valence-electron chi connectivity index (χ1n) is 6.91. The Morgan fingerprint density at radius 1 is 1.53 bits per heavy atom. The summed E-state index contributed by atoms with van der Waals surface area (Å²) in [5.74, 6) is 1.42. The predicted molar refractivity (Wildman–Crippen MR) is 72.9 cm³/mol. The van der Waals surface area contributed by atoms with Crippen molar-refractivity contribution in [2.24, 2.45) is 17.3 Å². The third kappa shape index (κ3) is 2.35. The molecule has 0 aromatic rings. The van der Waals surface area contributed by atoms with Crippen LogP contribution in [0.4, 0.5) is 0 Å². The van der Waals surface area contributed by atoms with Gasteiger partial charge in [0, 0.05) is 13.7 Å². The Kier molecular flexibility index (Phi) is 3.77. The molecule has 17 heavy (non-hydrogen) atoms. The molecule has 1 fully saturated rings. The quantitative estimate of drug-likeness (QED) is 0.660. The van der Waals surface area contributed by atoms with E-state index in [1.165, 1.54) is 37.7 Å². The average molecular weight is 234 g/mol. The van der Waals surface area contributed by atoms with Crippen molar-refractivity contribution in [1.29, 1.82) is 0 Å². The molecule has 3 unspecified atom stereocenters. The van der Waals surface area contributed by atoms with Crippen molar-refractivity contribution in [2.45, 2.75) is 46.0 Å². The average Bonchev–Trinajstić information content (AvgIpc) is 2.29. The lowest BCUT2D eigenvalue weighted by molar-refractivity contribution is 0.0541. The topological polar surface area (TPSA) is 9.23 Å². The second-order valence-corrected chi connectivity index (χ2v) is 6.16. The van der Waals surface area contributed by atoms with Crippen LogP contribution >= 0.6 is 0 Å². The van der Waals surface area contributed by atoms with E-state index in [-0.39, 0.29) is 0 Å². The van der Waals surface area contributed by atoms with Gasteiger partial charge in [0.05, 0.1) is 0 Å². The minimum Gasteiger partial charge on any atom is -0.384 e. The lowest BCUT2D eigenvalue weighted by Gasteiger charge is -2.48. The van der Waals surface area contributed by atoms with E-state index in [2.05, 4.69) is 26.5 Å². The molecular formula is C16H26O. The summed E-state index contributed by atoms with van der Waals surface area (Å²) in [4.78, 5) is 0. The maximum absolute atomic E-state index is 5.44. The van der Waals surface area contributed by atoms with Crippen LogP contribution in [0.1, 0.15) is 46.0 Å². The molecule has 1 saturated carbocycles. The van der Waals surface area contributed by atoms with E-state index in [1.807, 2.05) is 7.11 Å². The summed E-state index contributed by atoms with van der Waals surface area (Å²) in [7, 11) is 1.83. The SMILES string of the molecule is C=C(C)C1CCC2=CCCC(COC)C2(C)C1. The van der Waals surface area contributed by atoms with Gasteiger partial charge in [-0.15, -0.1) is 0 Å². The van der Waals surface area contributed by atoms with E-state index in [0.29, 0.717) is 11.3 Å². The third-order valence-electron chi connectivity index (χ3n) is 5.04. The molecule has 0 spiro atoms. The summed E-state index contributed by atoms with van der Waals surface area (Å²) in [6, 6.07) is 0. The van der Waals surface area contributed by atoms with E-state index in [1.54, 1.807) is 5.57 Å². The molecule has 0 aliphatic heterocycles. The molecular weight excluding hydrogens is 208 g/mol. The highest BCUT2D eigenvalue weighted by Gasteiger charge is 2.43. The highest BCUT2D eigenvalue weighted by Crippen LogP contribution is 2.53. The van der Waals surface area contributed by atoms with Gasteiger partial charge in [-0.3, -0.25) is 0 Å². The Labute approximate surface area is 106 Å². The van der Waals surface area contributed by atoms with Crippen LogP contribution < -0.4 is 0 Å². The maximum atomic E-state index is 5.44. The summed E-state index contributed by atoms with van der Waals surface area (Å²) in [6.45, 7) is 9.73. The van der Waals surface area contributed by atoms with Gasteiger partial charge in [0.2, 0.25) is 0 Å². The van der Waals surface area contributed by atoms with E-state index in [0.717, 1.165) is 12.5 Å². The fourth-order valence-corrected chi connectivity index (χ4v) is 3.79. The largest absolute Gasteiger partial charge is 0.384 e. The maximum Gasteiger partial charge on any atom is 0.0498 e. The van der Waals surface area contributed by atoms with Gasteiger partial charge in [0.1, 0.15) is 0 Å². The predicted octanol–water partition coefficient (Wildman–Crippen LogP) is 4.35. The first-order chi connectivity index (χ1) is 8.08. The fourth-order valence-electron chi connectivity index (χ4n) is 3.79. The summed E-state index contributed by atoms with van der Waals surface area (Å²) in [5, 5.41) is 0. The van der Waals surface area contributed by atoms with Crippen molar-refractivity contribution in [3.05, 3.63) is 23.8 Å². The van der Waals surface area contributed by atoms with Crippen LogP contribution in [0, 0.1) is 17.3 Å². The van der Waals surface area contributed by atoms with Crippen LogP contribution in [-0.2, 0) is 4.74 Å².